The van der Waals surface area contributed by atoms with Crippen molar-refractivity contribution in [2.45, 2.75) is 19.8 Å². The van der Waals surface area contributed by atoms with Crippen molar-refractivity contribution in [1.82, 2.24) is 5.32 Å². The SMILES string of the molecule is CC(CBr)CCCNC(=O)c1ccc(C#N)cc1. The zero-order valence-corrected chi connectivity index (χ0v) is 12.0. The minimum absolute atomic E-state index is 0.0778. The Morgan fingerprint density at radius 1 is 1.44 bits per heavy atom. The topological polar surface area (TPSA) is 52.9 Å². The lowest BCUT2D eigenvalue weighted by atomic mass is 10.1. The van der Waals surface area contributed by atoms with Gasteiger partial charge < -0.3 is 5.32 Å². The quantitative estimate of drug-likeness (QED) is 0.648. The van der Waals surface area contributed by atoms with Crippen molar-refractivity contribution in [3.63, 3.8) is 0 Å². The van der Waals surface area contributed by atoms with E-state index in [1.54, 1.807) is 24.3 Å². The van der Waals surface area contributed by atoms with E-state index in [4.69, 9.17) is 5.26 Å². The van der Waals surface area contributed by atoms with Crippen molar-refractivity contribution in [3.8, 4) is 6.07 Å². The summed E-state index contributed by atoms with van der Waals surface area (Å²) >= 11 is 3.43. The molecular weight excluding hydrogens is 292 g/mol. The van der Waals surface area contributed by atoms with Gasteiger partial charge >= 0.3 is 0 Å². The highest BCUT2D eigenvalue weighted by Gasteiger charge is 2.05. The van der Waals surface area contributed by atoms with Crippen LogP contribution in [-0.2, 0) is 0 Å². The predicted molar refractivity (Wildman–Crippen MR) is 75.7 cm³/mol. The van der Waals surface area contributed by atoms with Crippen molar-refractivity contribution >= 4 is 21.8 Å². The summed E-state index contributed by atoms with van der Waals surface area (Å²) < 4.78 is 0. The summed E-state index contributed by atoms with van der Waals surface area (Å²) in [4.78, 5) is 11.8. The number of carbonyl (C=O) groups excluding carboxylic acids is 1. The molecule has 1 N–H and O–H groups in total. The fraction of sp³-hybridized carbons (Fsp3) is 0.429. The Labute approximate surface area is 116 Å². The minimum Gasteiger partial charge on any atom is -0.352 e. The molecule has 0 radical (unpaired) electrons. The Morgan fingerprint density at radius 3 is 2.67 bits per heavy atom. The van der Waals surface area contributed by atoms with Crippen molar-refractivity contribution in [3.05, 3.63) is 35.4 Å². The second-order valence-electron chi connectivity index (χ2n) is 4.35. The molecule has 1 amide bonds. The normalized spacial score (nSPS) is 11.6. The third-order valence-electron chi connectivity index (χ3n) is 2.70. The standard InChI is InChI=1S/C14H17BrN2O/c1-11(9-15)3-2-8-17-14(18)13-6-4-12(10-16)5-7-13/h4-7,11H,2-3,8-9H2,1H3,(H,17,18). The van der Waals surface area contributed by atoms with Gasteiger partial charge in [0.1, 0.15) is 0 Å². The molecule has 0 saturated carbocycles. The Balaban J connectivity index is 2.34. The molecule has 1 aromatic rings. The lowest BCUT2D eigenvalue weighted by Crippen LogP contribution is -2.24. The van der Waals surface area contributed by atoms with Gasteiger partial charge in [-0.05, 0) is 43.0 Å². The van der Waals surface area contributed by atoms with Crippen LogP contribution in [0.3, 0.4) is 0 Å². The third-order valence-corrected chi connectivity index (χ3v) is 3.80. The highest BCUT2D eigenvalue weighted by molar-refractivity contribution is 9.09. The number of nitrogens with one attached hydrogen (secondary N) is 1. The summed E-state index contributed by atoms with van der Waals surface area (Å²) in [5, 5.41) is 12.5. The summed E-state index contributed by atoms with van der Waals surface area (Å²) in [5.74, 6) is 0.558. The third kappa shape index (κ3) is 4.89. The predicted octanol–water partition coefficient (Wildman–Crippen LogP) is 3.10. The van der Waals surface area contributed by atoms with Gasteiger partial charge in [-0.2, -0.15) is 5.26 Å². The molecule has 0 bridgehead atoms. The number of nitrogens with zero attached hydrogens (tertiary/aromatic N) is 1. The number of nitriles is 1. The van der Waals surface area contributed by atoms with Crippen molar-refractivity contribution in [2.24, 2.45) is 5.92 Å². The van der Waals surface area contributed by atoms with Crippen LogP contribution in [0.2, 0.25) is 0 Å². The molecule has 1 unspecified atom stereocenters. The first-order valence-electron chi connectivity index (χ1n) is 6.01. The molecule has 0 spiro atoms. The molecule has 0 heterocycles. The molecule has 0 aliphatic carbocycles. The van der Waals surface area contributed by atoms with E-state index in [9.17, 15) is 4.79 Å². The number of benzene rings is 1. The molecule has 1 aromatic carbocycles. The first-order chi connectivity index (χ1) is 8.67. The van der Waals surface area contributed by atoms with Crippen LogP contribution >= 0.6 is 15.9 Å². The molecule has 0 aliphatic heterocycles. The Morgan fingerprint density at radius 2 is 2.11 bits per heavy atom. The average molecular weight is 309 g/mol. The van der Waals surface area contributed by atoms with Gasteiger partial charge in [0.15, 0.2) is 0 Å². The lowest BCUT2D eigenvalue weighted by molar-refractivity contribution is 0.0952. The summed E-state index contributed by atoms with van der Waals surface area (Å²) in [5.41, 5.74) is 1.17. The van der Waals surface area contributed by atoms with E-state index in [2.05, 4.69) is 28.2 Å². The second-order valence-corrected chi connectivity index (χ2v) is 4.99. The maximum Gasteiger partial charge on any atom is 0.251 e. The number of halogens is 1. The van der Waals surface area contributed by atoms with Crippen LogP contribution in [0, 0.1) is 17.2 Å². The number of alkyl halides is 1. The molecule has 1 atom stereocenters. The Hall–Kier alpha value is -1.34. The van der Waals surface area contributed by atoms with Gasteiger partial charge in [0.2, 0.25) is 0 Å². The summed E-state index contributed by atoms with van der Waals surface area (Å²) in [7, 11) is 0. The smallest absolute Gasteiger partial charge is 0.251 e. The first-order valence-corrected chi connectivity index (χ1v) is 7.14. The molecule has 0 fully saturated rings. The molecule has 0 aromatic heterocycles. The van der Waals surface area contributed by atoms with Gasteiger partial charge in [0.05, 0.1) is 11.6 Å². The molecule has 4 heteroatoms. The Kier molecular flexibility index (Phi) is 6.45. The molecule has 96 valence electrons. The highest BCUT2D eigenvalue weighted by atomic mass is 79.9. The monoisotopic (exact) mass is 308 g/mol. The molecule has 1 rings (SSSR count). The Bertz CT molecular complexity index is 422. The first kappa shape index (κ1) is 14.7. The van der Waals surface area contributed by atoms with Crippen molar-refractivity contribution in [2.75, 3.05) is 11.9 Å². The molecule has 0 aliphatic rings. The number of amides is 1. The van der Waals surface area contributed by atoms with E-state index in [0.717, 1.165) is 18.2 Å². The summed E-state index contributed by atoms with van der Waals surface area (Å²) in [6.45, 7) is 2.87. The van der Waals surface area contributed by atoms with Gasteiger partial charge in [-0.15, -0.1) is 0 Å². The van der Waals surface area contributed by atoms with Gasteiger partial charge in [0, 0.05) is 17.4 Å². The number of carbonyl (C=O) groups is 1. The van der Waals surface area contributed by atoms with Crippen LogP contribution in [-0.4, -0.2) is 17.8 Å². The molecule has 18 heavy (non-hydrogen) atoms. The van der Waals surface area contributed by atoms with E-state index in [1.807, 2.05) is 6.07 Å². The number of hydrogen-bond donors (Lipinski definition) is 1. The van der Waals surface area contributed by atoms with Gasteiger partial charge in [-0.3, -0.25) is 4.79 Å². The lowest BCUT2D eigenvalue weighted by Gasteiger charge is -2.08. The number of hydrogen-bond acceptors (Lipinski definition) is 2. The van der Waals surface area contributed by atoms with Crippen LogP contribution in [0.25, 0.3) is 0 Å². The van der Waals surface area contributed by atoms with Gasteiger partial charge in [-0.1, -0.05) is 22.9 Å². The van der Waals surface area contributed by atoms with Gasteiger partial charge in [0.25, 0.3) is 5.91 Å². The average Bonchev–Trinajstić information content (AvgIpc) is 2.43. The van der Waals surface area contributed by atoms with Crippen molar-refractivity contribution < 1.29 is 4.79 Å². The second kappa shape index (κ2) is 7.88. The van der Waals surface area contributed by atoms with Crippen LogP contribution < -0.4 is 5.32 Å². The van der Waals surface area contributed by atoms with E-state index in [1.165, 1.54) is 0 Å². The fourth-order valence-corrected chi connectivity index (χ4v) is 1.85. The van der Waals surface area contributed by atoms with Gasteiger partial charge in [-0.25, -0.2) is 0 Å². The van der Waals surface area contributed by atoms with Crippen molar-refractivity contribution in [1.29, 1.82) is 5.26 Å². The largest absolute Gasteiger partial charge is 0.352 e. The van der Waals surface area contributed by atoms with Crippen LogP contribution in [0.4, 0.5) is 0 Å². The number of rotatable bonds is 6. The minimum atomic E-state index is -0.0778. The molecular formula is C14H17BrN2O. The van der Waals surface area contributed by atoms with E-state index in [-0.39, 0.29) is 5.91 Å². The van der Waals surface area contributed by atoms with E-state index in [0.29, 0.717) is 23.6 Å². The molecule has 0 saturated heterocycles. The molecule has 3 nitrogen and oxygen atoms in total. The van der Waals surface area contributed by atoms with Crippen LogP contribution in [0.5, 0.6) is 0 Å². The summed E-state index contributed by atoms with van der Waals surface area (Å²) in [6.07, 6.45) is 2.08. The maximum absolute atomic E-state index is 11.8. The maximum atomic E-state index is 11.8. The van der Waals surface area contributed by atoms with Crippen LogP contribution in [0.15, 0.2) is 24.3 Å². The summed E-state index contributed by atoms with van der Waals surface area (Å²) in [6, 6.07) is 8.69. The van der Waals surface area contributed by atoms with E-state index < -0.39 is 0 Å². The zero-order chi connectivity index (χ0) is 13.4. The van der Waals surface area contributed by atoms with Crippen LogP contribution in [0.1, 0.15) is 35.7 Å². The zero-order valence-electron chi connectivity index (χ0n) is 10.4. The highest BCUT2D eigenvalue weighted by Crippen LogP contribution is 2.08. The van der Waals surface area contributed by atoms with E-state index >= 15 is 0 Å². The fourth-order valence-electron chi connectivity index (χ4n) is 1.53.